The number of carbonyl (C=O) groups is 1. The third kappa shape index (κ3) is 1.29. The molecule has 0 N–H and O–H groups in total. The number of thiazole rings is 1. The van der Waals surface area contributed by atoms with E-state index in [1.54, 1.807) is 11.3 Å². The van der Waals surface area contributed by atoms with Crippen molar-refractivity contribution in [2.24, 2.45) is 5.92 Å². The first kappa shape index (κ1) is 7.92. The van der Waals surface area contributed by atoms with Crippen LogP contribution in [0, 0.1) is 12.8 Å². The molecule has 1 aliphatic carbocycles. The van der Waals surface area contributed by atoms with Crippen molar-refractivity contribution in [2.45, 2.75) is 26.2 Å². The molecule has 1 heterocycles. The molecule has 0 aliphatic heterocycles. The van der Waals surface area contributed by atoms with Gasteiger partial charge in [0.25, 0.3) is 0 Å². The maximum Gasteiger partial charge on any atom is 0.185 e. The molecule has 1 aromatic heterocycles. The van der Waals surface area contributed by atoms with Crippen LogP contribution < -0.4 is 0 Å². The molecule has 1 saturated carbocycles. The number of aromatic nitrogens is 1. The number of ketones is 1. The summed E-state index contributed by atoms with van der Waals surface area (Å²) in [6, 6.07) is 0. The Hall–Kier alpha value is -0.700. The van der Waals surface area contributed by atoms with Gasteiger partial charge in [0, 0.05) is 11.3 Å². The Morgan fingerprint density at radius 2 is 2.42 bits per heavy atom. The van der Waals surface area contributed by atoms with Crippen LogP contribution in [0.2, 0.25) is 0 Å². The summed E-state index contributed by atoms with van der Waals surface area (Å²) in [6.07, 6.45) is 3.34. The molecule has 2 nitrogen and oxygen atoms in total. The van der Waals surface area contributed by atoms with Crippen LogP contribution in [0.4, 0.5) is 0 Å². The van der Waals surface area contributed by atoms with Gasteiger partial charge in [-0.05, 0) is 19.8 Å². The van der Waals surface area contributed by atoms with Gasteiger partial charge in [0.2, 0.25) is 0 Å². The summed E-state index contributed by atoms with van der Waals surface area (Å²) in [4.78, 5) is 15.8. The third-order valence-corrected chi connectivity index (χ3v) is 3.12. The molecular formula is C9H11NOS. The van der Waals surface area contributed by atoms with Crippen molar-refractivity contribution >= 4 is 17.1 Å². The minimum Gasteiger partial charge on any atom is -0.292 e. The molecule has 3 heteroatoms. The van der Waals surface area contributed by atoms with E-state index in [2.05, 4.69) is 4.98 Å². The molecule has 1 aromatic rings. The van der Waals surface area contributed by atoms with Gasteiger partial charge in [0.15, 0.2) is 5.78 Å². The van der Waals surface area contributed by atoms with Gasteiger partial charge in [0.05, 0.1) is 5.01 Å². The second-order valence-electron chi connectivity index (χ2n) is 3.24. The molecule has 1 aliphatic rings. The normalized spacial score (nSPS) is 17.4. The molecule has 0 aromatic carbocycles. The lowest BCUT2D eigenvalue weighted by atomic mass is 9.81. The molecule has 0 saturated heterocycles. The predicted octanol–water partition coefficient (Wildman–Crippen LogP) is 2.43. The van der Waals surface area contributed by atoms with E-state index in [9.17, 15) is 4.79 Å². The van der Waals surface area contributed by atoms with Crippen molar-refractivity contribution in [3.63, 3.8) is 0 Å². The highest BCUT2D eigenvalue weighted by molar-refractivity contribution is 7.09. The zero-order chi connectivity index (χ0) is 8.55. The Morgan fingerprint density at radius 3 is 2.83 bits per heavy atom. The van der Waals surface area contributed by atoms with Crippen LogP contribution >= 0.6 is 11.3 Å². The van der Waals surface area contributed by atoms with Crippen molar-refractivity contribution < 1.29 is 4.79 Å². The van der Waals surface area contributed by atoms with Gasteiger partial charge < -0.3 is 0 Å². The summed E-state index contributed by atoms with van der Waals surface area (Å²) in [6.45, 7) is 1.93. The Labute approximate surface area is 75.6 Å². The molecule has 0 unspecified atom stereocenters. The standard InChI is InChI=1S/C9H11NOS/c1-6-10-8(5-12-6)9(11)7-3-2-4-7/h5,7H,2-4H2,1H3. The number of nitrogens with zero attached hydrogens (tertiary/aromatic N) is 1. The number of rotatable bonds is 2. The topological polar surface area (TPSA) is 30.0 Å². The molecule has 1 fully saturated rings. The Bertz CT molecular complexity index is 301. The first-order chi connectivity index (χ1) is 5.77. The van der Waals surface area contributed by atoms with Crippen molar-refractivity contribution in [1.29, 1.82) is 0 Å². The van der Waals surface area contributed by atoms with E-state index in [-0.39, 0.29) is 11.7 Å². The molecule has 12 heavy (non-hydrogen) atoms. The minimum atomic E-state index is 0.255. The lowest BCUT2D eigenvalue weighted by molar-refractivity contribution is 0.0850. The van der Waals surface area contributed by atoms with E-state index in [0.717, 1.165) is 17.8 Å². The second kappa shape index (κ2) is 2.98. The number of hydrogen-bond donors (Lipinski definition) is 0. The average molecular weight is 181 g/mol. The monoisotopic (exact) mass is 181 g/mol. The number of aryl methyl sites for hydroxylation is 1. The average Bonchev–Trinajstić information content (AvgIpc) is 2.31. The summed E-state index contributed by atoms with van der Waals surface area (Å²) in [5.74, 6) is 0.539. The molecule has 0 atom stereocenters. The summed E-state index contributed by atoms with van der Waals surface area (Å²) in [7, 11) is 0. The van der Waals surface area contributed by atoms with Gasteiger partial charge in [0.1, 0.15) is 5.69 Å². The quantitative estimate of drug-likeness (QED) is 0.656. The van der Waals surface area contributed by atoms with Crippen LogP contribution in [0.15, 0.2) is 5.38 Å². The highest BCUT2D eigenvalue weighted by Gasteiger charge is 2.27. The first-order valence-electron chi connectivity index (χ1n) is 4.24. The lowest BCUT2D eigenvalue weighted by Crippen LogP contribution is -2.22. The summed E-state index contributed by atoms with van der Waals surface area (Å²) in [5, 5.41) is 2.85. The van der Waals surface area contributed by atoms with Gasteiger partial charge in [-0.2, -0.15) is 0 Å². The lowest BCUT2D eigenvalue weighted by Gasteiger charge is -2.22. The van der Waals surface area contributed by atoms with Crippen LogP contribution in [-0.2, 0) is 0 Å². The Morgan fingerprint density at radius 1 is 1.67 bits per heavy atom. The molecule has 0 spiro atoms. The fraction of sp³-hybridized carbons (Fsp3) is 0.556. The minimum absolute atomic E-state index is 0.255. The van der Waals surface area contributed by atoms with Crippen LogP contribution in [-0.4, -0.2) is 10.8 Å². The van der Waals surface area contributed by atoms with E-state index in [1.165, 1.54) is 6.42 Å². The molecule has 0 bridgehead atoms. The molecular weight excluding hydrogens is 170 g/mol. The smallest absolute Gasteiger partial charge is 0.185 e. The van der Waals surface area contributed by atoms with Gasteiger partial charge in [-0.1, -0.05) is 6.42 Å². The van der Waals surface area contributed by atoms with Crippen molar-refractivity contribution in [3.05, 3.63) is 16.1 Å². The Kier molecular flexibility index (Phi) is 1.97. The zero-order valence-corrected chi connectivity index (χ0v) is 7.86. The van der Waals surface area contributed by atoms with Gasteiger partial charge in [-0.25, -0.2) is 4.98 Å². The van der Waals surface area contributed by atoms with E-state index in [0.29, 0.717) is 5.69 Å². The second-order valence-corrected chi connectivity index (χ2v) is 4.31. The fourth-order valence-electron chi connectivity index (χ4n) is 1.36. The summed E-state index contributed by atoms with van der Waals surface area (Å²) < 4.78 is 0. The van der Waals surface area contributed by atoms with E-state index in [1.807, 2.05) is 12.3 Å². The summed E-state index contributed by atoms with van der Waals surface area (Å²) in [5.41, 5.74) is 0.683. The SMILES string of the molecule is Cc1nc(C(=O)C2CCC2)cs1. The molecule has 0 amide bonds. The van der Waals surface area contributed by atoms with Crippen molar-refractivity contribution in [3.8, 4) is 0 Å². The predicted molar refractivity (Wildman–Crippen MR) is 48.5 cm³/mol. The van der Waals surface area contributed by atoms with Crippen molar-refractivity contribution in [1.82, 2.24) is 4.98 Å². The highest BCUT2D eigenvalue weighted by atomic mass is 32.1. The maximum atomic E-state index is 11.6. The summed E-state index contributed by atoms with van der Waals surface area (Å²) >= 11 is 1.55. The van der Waals surface area contributed by atoms with E-state index < -0.39 is 0 Å². The zero-order valence-electron chi connectivity index (χ0n) is 7.04. The first-order valence-corrected chi connectivity index (χ1v) is 5.11. The number of hydrogen-bond acceptors (Lipinski definition) is 3. The van der Waals surface area contributed by atoms with Crippen LogP contribution in [0.25, 0.3) is 0 Å². The van der Waals surface area contributed by atoms with E-state index in [4.69, 9.17) is 0 Å². The fourth-order valence-corrected chi connectivity index (χ4v) is 1.96. The maximum absolute atomic E-state index is 11.6. The molecule has 0 radical (unpaired) electrons. The number of Topliss-reactive ketones (excluding diaryl/α,β-unsaturated/α-hetero) is 1. The van der Waals surface area contributed by atoms with E-state index >= 15 is 0 Å². The third-order valence-electron chi connectivity index (χ3n) is 2.35. The largest absolute Gasteiger partial charge is 0.292 e. The number of carbonyl (C=O) groups excluding carboxylic acids is 1. The van der Waals surface area contributed by atoms with Gasteiger partial charge in [-0.3, -0.25) is 4.79 Å². The van der Waals surface area contributed by atoms with Crippen molar-refractivity contribution in [2.75, 3.05) is 0 Å². The van der Waals surface area contributed by atoms with Crippen LogP contribution in [0.5, 0.6) is 0 Å². The van der Waals surface area contributed by atoms with Gasteiger partial charge in [-0.15, -0.1) is 11.3 Å². The molecule has 2 rings (SSSR count). The molecule has 64 valence electrons. The van der Waals surface area contributed by atoms with Crippen LogP contribution in [0.3, 0.4) is 0 Å². The highest BCUT2D eigenvalue weighted by Crippen LogP contribution is 2.29. The van der Waals surface area contributed by atoms with Gasteiger partial charge >= 0.3 is 0 Å². The van der Waals surface area contributed by atoms with Crippen LogP contribution in [0.1, 0.15) is 34.8 Å². The Balaban J connectivity index is 2.13.